The van der Waals surface area contributed by atoms with Gasteiger partial charge in [-0.3, -0.25) is 9.79 Å². The van der Waals surface area contributed by atoms with Gasteiger partial charge in [0, 0.05) is 17.0 Å². The van der Waals surface area contributed by atoms with Crippen molar-refractivity contribution < 1.29 is 4.79 Å². The molecule has 1 aromatic carbocycles. The molecule has 1 aromatic rings. The molecule has 0 atom stereocenters. The molecule has 0 spiro atoms. The van der Waals surface area contributed by atoms with E-state index in [2.05, 4.69) is 23.3 Å². The average Bonchev–Trinajstić information content (AvgIpc) is 2.75. The lowest BCUT2D eigenvalue weighted by Gasteiger charge is -2.09. The van der Waals surface area contributed by atoms with Gasteiger partial charge < -0.3 is 5.32 Å². The molecule has 1 aliphatic heterocycles. The Morgan fingerprint density at radius 2 is 1.54 bits per heavy atom. The van der Waals surface area contributed by atoms with Gasteiger partial charge in [-0.05, 0) is 18.9 Å². The van der Waals surface area contributed by atoms with Crippen molar-refractivity contribution in [3.05, 3.63) is 29.8 Å². The maximum absolute atomic E-state index is 11.7. The number of benzodiazepines with no additional fused rings is 1. The van der Waals surface area contributed by atoms with Crippen molar-refractivity contribution in [2.45, 2.75) is 77.6 Å². The van der Waals surface area contributed by atoms with Gasteiger partial charge in [0.2, 0.25) is 5.91 Å². The SMILES string of the molecule is CCCCCCCCCCCCC1=NCC(=O)Nc2ccccc21. The molecule has 1 N–H and O–H groups in total. The zero-order valence-corrected chi connectivity index (χ0v) is 15.2. The van der Waals surface area contributed by atoms with Gasteiger partial charge in [0.15, 0.2) is 0 Å². The molecular formula is C21H32N2O. The normalized spacial score (nSPS) is 13.9. The third-order valence-corrected chi connectivity index (χ3v) is 4.69. The molecule has 0 saturated heterocycles. The van der Waals surface area contributed by atoms with E-state index < -0.39 is 0 Å². The second-order valence-electron chi connectivity index (χ2n) is 6.79. The van der Waals surface area contributed by atoms with Crippen LogP contribution in [-0.2, 0) is 4.79 Å². The predicted molar refractivity (Wildman–Crippen MR) is 103 cm³/mol. The summed E-state index contributed by atoms with van der Waals surface area (Å²) in [5, 5.41) is 2.94. The summed E-state index contributed by atoms with van der Waals surface area (Å²) in [5.41, 5.74) is 3.09. The molecule has 3 heteroatoms. The molecule has 2 rings (SSSR count). The summed E-state index contributed by atoms with van der Waals surface area (Å²) in [4.78, 5) is 16.2. The van der Waals surface area contributed by atoms with Crippen LogP contribution in [0.3, 0.4) is 0 Å². The van der Waals surface area contributed by atoms with Crippen molar-refractivity contribution in [3.8, 4) is 0 Å². The fraction of sp³-hybridized carbons (Fsp3) is 0.619. The summed E-state index contributed by atoms with van der Waals surface area (Å²) in [6.45, 7) is 2.52. The van der Waals surface area contributed by atoms with Crippen LogP contribution in [0.2, 0.25) is 0 Å². The lowest BCUT2D eigenvalue weighted by atomic mass is 10.0. The Morgan fingerprint density at radius 1 is 0.917 bits per heavy atom. The Labute approximate surface area is 147 Å². The number of unbranched alkanes of at least 4 members (excludes halogenated alkanes) is 9. The van der Waals surface area contributed by atoms with Gasteiger partial charge in [-0.15, -0.1) is 0 Å². The maximum Gasteiger partial charge on any atom is 0.246 e. The quantitative estimate of drug-likeness (QED) is 0.517. The van der Waals surface area contributed by atoms with Crippen molar-refractivity contribution in [2.75, 3.05) is 11.9 Å². The molecular weight excluding hydrogens is 296 g/mol. The van der Waals surface area contributed by atoms with Crippen LogP contribution in [0.1, 0.15) is 83.1 Å². The molecule has 3 nitrogen and oxygen atoms in total. The average molecular weight is 328 g/mol. The third kappa shape index (κ3) is 6.46. The number of hydrogen-bond acceptors (Lipinski definition) is 2. The molecule has 0 bridgehead atoms. The van der Waals surface area contributed by atoms with Gasteiger partial charge in [0.1, 0.15) is 6.54 Å². The minimum atomic E-state index is -0.0134. The molecule has 0 unspecified atom stereocenters. The second kappa shape index (κ2) is 11.0. The zero-order valence-electron chi connectivity index (χ0n) is 15.2. The Balaban J connectivity index is 1.65. The number of fused-ring (bicyclic) bond motifs is 1. The molecule has 24 heavy (non-hydrogen) atoms. The molecule has 1 heterocycles. The number of aliphatic imine (C=N–C) groups is 1. The highest BCUT2D eigenvalue weighted by molar-refractivity contribution is 6.10. The van der Waals surface area contributed by atoms with Gasteiger partial charge >= 0.3 is 0 Å². The summed E-state index contributed by atoms with van der Waals surface area (Å²) >= 11 is 0. The van der Waals surface area contributed by atoms with Gasteiger partial charge in [-0.25, -0.2) is 0 Å². The standard InChI is InChI=1S/C21H32N2O/c1-2-3-4-5-6-7-8-9-10-11-15-19-18-14-12-13-16-20(18)23-21(24)17-22-19/h12-14,16H,2-11,15,17H2,1H3,(H,23,24). The third-order valence-electron chi connectivity index (χ3n) is 4.69. The Hall–Kier alpha value is -1.64. The minimum Gasteiger partial charge on any atom is -0.324 e. The number of anilines is 1. The summed E-state index contributed by atoms with van der Waals surface area (Å²) in [7, 11) is 0. The Morgan fingerprint density at radius 3 is 2.25 bits per heavy atom. The monoisotopic (exact) mass is 328 g/mol. The van der Waals surface area contributed by atoms with Crippen LogP contribution in [0.25, 0.3) is 0 Å². The van der Waals surface area contributed by atoms with E-state index in [9.17, 15) is 4.79 Å². The van der Waals surface area contributed by atoms with E-state index in [0.29, 0.717) is 0 Å². The first-order chi connectivity index (χ1) is 11.8. The first-order valence-corrected chi connectivity index (χ1v) is 9.74. The van der Waals surface area contributed by atoms with E-state index in [1.165, 1.54) is 57.8 Å². The van der Waals surface area contributed by atoms with Crippen molar-refractivity contribution in [2.24, 2.45) is 4.99 Å². The summed E-state index contributed by atoms with van der Waals surface area (Å²) in [6, 6.07) is 8.01. The van der Waals surface area contributed by atoms with Gasteiger partial charge in [-0.1, -0.05) is 82.9 Å². The number of amides is 1. The van der Waals surface area contributed by atoms with Gasteiger partial charge in [0.25, 0.3) is 0 Å². The highest BCUT2D eigenvalue weighted by Gasteiger charge is 2.15. The Bertz CT molecular complexity index is 536. The number of hydrogen-bond donors (Lipinski definition) is 1. The number of carbonyl (C=O) groups excluding carboxylic acids is 1. The maximum atomic E-state index is 11.7. The molecule has 1 aliphatic rings. The fourth-order valence-corrected chi connectivity index (χ4v) is 3.28. The Kier molecular flexibility index (Phi) is 8.58. The van der Waals surface area contributed by atoms with Gasteiger partial charge in [-0.2, -0.15) is 0 Å². The van der Waals surface area contributed by atoms with Gasteiger partial charge in [0.05, 0.1) is 0 Å². The van der Waals surface area contributed by atoms with E-state index in [1.54, 1.807) is 0 Å². The van der Waals surface area contributed by atoms with E-state index in [1.807, 2.05) is 18.2 Å². The molecule has 0 aliphatic carbocycles. The zero-order chi connectivity index (χ0) is 17.0. The van der Waals surface area contributed by atoms with E-state index in [-0.39, 0.29) is 12.5 Å². The van der Waals surface area contributed by atoms with Crippen LogP contribution in [0, 0.1) is 0 Å². The molecule has 0 radical (unpaired) electrons. The summed E-state index contributed by atoms with van der Waals surface area (Å²) < 4.78 is 0. The predicted octanol–water partition coefficient (Wildman–Crippen LogP) is 5.74. The smallest absolute Gasteiger partial charge is 0.246 e. The van der Waals surface area contributed by atoms with E-state index in [0.717, 1.165) is 29.8 Å². The topological polar surface area (TPSA) is 41.5 Å². The molecule has 0 saturated carbocycles. The second-order valence-corrected chi connectivity index (χ2v) is 6.79. The number of nitrogens with one attached hydrogen (secondary N) is 1. The first kappa shape index (κ1) is 18.7. The van der Waals surface area contributed by atoms with Crippen LogP contribution in [-0.4, -0.2) is 18.2 Å². The lowest BCUT2D eigenvalue weighted by Crippen LogP contribution is -2.13. The lowest BCUT2D eigenvalue weighted by molar-refractivity contribution is -0.114. The largest absolute Gasteiger partial charge is 0.324 e. The van der Waals surface area contributed by atoms with E-state index in [4.69, 9.17) is 0 Å². The van der Waals surface area contributed by atoms with Crippen molar-refractivity contribution in [1.29, 1.82) is 0 Å². The number of nitrogens with zero attached hydrogens (tertiary/aromatic N) is 1. The van der Waals surface area contributed by atoms with Crippen LogP contribution in [0.4, 0.5) is 5.69 Å². The molecule has 0 fully saturated rings. The fourth-order valence-electron chi connectivity index (χ4n) is 3.28. The van der Waals surface area contributed by atoms with Crippen LogP contribution >= 0.6 is 0 Å². The van der Waals surface area contributed by atoms with Crippen LogP contribution in [0.5, 0.6) is 0 Å². The highest BCUT2D eigenvalue weighted by Crippen LogP contribution is 2.21. The van der Waals surface area contributed by atoms with E-state index >= 15 is 0 Å². The number of para-hydroxylation sites is 1. The highest BCUT2D eigenvalue weighted by atomic mass is 16.1. The molecule has 132 valence electrons. The van der Waals surface area contributed by atoms with Crippen molar-refractivity contribution >= 4 is 17.3 Å². The summed E-state index contributed by atoms with van der Waals surface area (Å²) in [6.07, 6.45) is 14.4. The van der Waals surface area contributed by atoms with Crippen LogP contribution in [0.15, 0.2) is 29.3 Å². The molecule has 1 amide bonds. The minimum absolute atomic E-state index is 0.0134. The van der Waals surface area contributed by atoms with Crippen molar-refractivity contribution in [3.63, 3.8) is 0 Å². The summed E-state index contributed by atoms with van der Waals surface area (Å²) in [5.74, 6) is -0.0134. The number of carbonyl (C=O) groups is 1. The number of benzene rings is 1. The first-order valence-electron chi connectivity index (χ1n) is 9.74. The number of rotatable bonds is 11. The van der Waals surface area contributed by atoms with Crippen LogP contribution < -0.4 is 5.32 Å². The van der Waals surface area contributed by atoms with Crippen molar-refractivity contribution in [1.82, 2.24) is 0 Å². The molecule has 0 aromatic heterocycles.